The van der Waals surface area contributed by atoms with Gasteiger partial charge in [0.15, 0.2) is 4.77 Å². The van der Waals surface area contributed by atoms with Crippen molar-refractivity contribution in [2.45, 2.75) is 33.1 Å². The fourth-order valence-electron chi connectivity index (χ4n) is 2.31. The van der Waals surface area contributed by atoms with Crippen LogP contribution < -0.4 is 15.7 Å². The largest absolute Gasteiger partial charge is 0.494 e. The maximum Gasteiger partial charge on any atom is 0.264 e. The quantitative estimate of drug-likeness (QED) is 0.365. The summed E-state index contributed by atoms with van der Waals surface area (Å²) < 4.78 is 6.72. The first-order valence-corrected chi connectivity index (χ1v) is 9.02. The molecule has 0 atom stereocenters. The average Bonchev–Trinajstić information content (AvgIpc) is 2.64. The fourth-order valence-corrected chi connectivity index (χ4v) is 2.60. The second kappa shape index (κ2) is 9.67. The summed E-state index contributed by atoms with van der Waals surface area (Å²) in [5.74, 6) is 0.0380. The number of hydrazone groups is 1. The Morgan fingerprint density at radius 1 is 1.37 bits per heavy atom. The van der Waals surface area contributed by atoms with Gasteiger partial charge in [-0.15, -0.1) is 0 Å². The van der Waals surface area contributed by atoms with Gasteiger partial charge in [0.1, 0.15) is 11.3 Å². The van der Waals surface area contributed by atoms with Crippen LogP contribution in [-0.4, -0.2) is 33.4 Å². The Morgan fingerprint density at radius 2 is 2.07 bits per heavy atom. The molecule has 3 N–H and O–H groups in total. The van der Waals surface area contributed by atoms with Crippen molar-refractivity contribution < 1.29 is 14.6 Å². The van der Waals surface area contributed by atoms with Crippen molar-refractivity contribution in [3.05, 3.63) is 45.0 Å². The molecule has 0 bridgehead atoms. The molecule has 2 rings (SSSR count). The predicted molar refractivity (Wildman–Crippen MR) is 105 cm³/mol. The lowest BCUT2D eigenvalue weighted by molar-refractivity contribution is -0.121. The summed E-state index contributed by atoms with van der Waals surface area (Å²) >= 11 is 5.16. The van der Waals surface area contributed by atoms with E-state index in [0.717, 1.165) is 19.1 Å². The first-order valence-electron chi connectivity index (χ1n) is 8.61. The van der Waals surface area contributed by atoms with Gasteiger partial charge in [0, 0.05) is 6.42 Å². The standard InChI is InChI=1S/C18H22N4O4S/c1-3-5-6-15(23)21-19-11-14-16(24)20-18(27)22(17(14)25)12-7-9-13(10-8-12)26-4-2/h7-11,25H,3-6H2,1-2H3,(H,21,23)(H,20,24,27)/b19-11+. The predicted octanol–water partition coefficient (Wildman–Crippen LogP) is 2.64. The van der Waals surface area contributed by atoms with E-state index >= 15 is 0 Å². The van der Waals surface area contributed by atoms with Crippen LogP contribution in [0.4, 0.5) is 0 Å². The van der Waals surface area contributed by atoms with E-state index in [9.17, 15) is 14.7 Å². The third kappa shape index (κ3) is 5.27. The number of hydrogen-bond acceptors (Lipinski definition) is 6. The molecule has 9 heteroatoms. The van der Waals surface area contributed by atoms with E-state index < -0.39 is 5.56 Å². The maximum absolute atomic E-state index is 12.1. The van der Waals surface area contributed by atoms with E-state index in [0.29, 0.717) is 24.5 Å². The van der Waals surface area contributed by atoms with Crippen LogP contribution in [-0.2, 0) is 4.79 Å². The van der Waals surface area contributed by atoms with Crippen molar-refractivity contribution >= 4 is 24.3 Å². The molecule has 0 saturated heterocycles. The van der Waals surface area contributed by atoms with Crippen molar-refractivity contribution in [3.63, 3.8) is 0 Å². The van der Waals surface area contributed by atoms with Crippen LogP contribution in [0.1, 0.15) is 38.7 Å². The van der Waals surface area contributed by atoms with Gasteiger partial charge in [-0.1, -0.05) is 13.3 Å². The number of hydrogen-bond donors (Lipinski definition) is 3. The fraction of sp³-hybridized carbons (Fsp3) is 0.333. The van der Waals surface area contributed by atoms with Gasteiger partial charge in [0.05, 0.1) is 18.5 Å². The number of carbonyl (C=O) groups excluding carboxylic acids is 1. The Kier molecular flexibility index (Phi) is 7.30. The highest BCUT2D eigenvalue weighted by atomic mass is 32.1. The van der Waals surface area contributed by atoms with Gasteiger partial charge in [-0.2, -0.15) is 5.10 Å². The molecule has 0 aliphatic heterocycles. The number of amides is 1. The molecule has 27 heavy (non-hydrogen) atoms. The molecular weight excluding hydrogens is 368 g/mol. The zero-order valence-corrected chi connectivity index (χ0v) is 16.0. The van der Waals surface area contributed by atoms with Crippen LogP contribution in [0.15, 0.2) is 34.2 Å². The lowest BCUT2D eigenvalue weighted by atomic mass is 10.2. The molecule has 0 unspecified atom stereocenters. The summed E-state index contributed by atoms with van der Waals surface area (Å²) in [7, 11) is 0. The Morgan fingerprint density at radius 3 is 2.70 bits per heavy atom. The highest BCUT2D eigenvalue weighted by Crippen LogP contribution is 2.21. The minimum atomic E-state index is -0.605. The Bertz CT molecular complexity index is 932. The molecule has 0 fully saturated rings. The second-order valence-corrected chi connectivity index (χ2v) is 6.04. The van der Waals surface area contributed by atoms with Crippen LogP contribution in [0.5, 0.6) is 11.6 Å². The van der Waals surface area contributed by atoms with Crippen molar-refractivity contribution in [1.82, 2.24) is 15.0 Å². The summed E-state index contributed by atoms with van der Waals surface area (Å²) in [6, 6.07) is 6.86. The summed E-state index contributed by atoms with van der Waals surface area (Å²) in [5.41, 5.74) is 2.15. The van der Waals surface area contributed by atoms with Crippen molar-refractivity contribution in [2.75, 3.05) is 6.61 Å². The number of unbranched alkanes of at least 4 members (excludes halogenated alkanes) is 1. The van der Waals surface area contributed by atoms with E-state index in [1.807, 2.05) is 13.8 Å². The van der Waals surface area contributed by atoms with Gasteiger partial charge >= 0.3 is 0 Å². The number of H-pyrrole nitrogens is 1. The molecule has 0 saturated carbocycles. The Hall–Kier alpha value is -2.94. The molecule has 1 aromatic heterocycles. The van der Waals surface area contributed by atoms with Gasteiger partial charge in [-0.3, -0.25) is 19.1 Å². The van der Waals surface area contributed by atoms with Crippen molar-refractivity contribution in [3.8, 4) is 17.3 Å². The molecule has 0 aliphatic carbocycles. The lowest BCUT2D eigenvalue weighted by Crippen LogP contribution is -2.21. The molecule has 144 valence electrons. The highest BCUT2D eigenvalue weighted by molar-refractivity contribution is 7.71. The van der Waals surface area contributed by atoms with E-state index in [1.54, 1.807) is 24.3 Å². The van der Waals surface area contributed by atoms with Crippen LogP contribution in [0.3, 0.4) is 0 Å². The number of ether oxygens (including phenoxy) is 1. The van der Waals surface area contributed by atoms with E-state index in [-0.39, 0.29) is 22.1 Å². The Labute approximate surface area is 161 Å². The third-order valence-electron chi connectivity index (χ3n) is 3.67. The average molecular weight is 390 g/mol. The van der Waals surface area contributed by atoms with Crippen LogP contribution in [0.2, 0.25) is 0 Å². The molecule has 0 spiro atoms. The van der Waals surface area contributed by atoms with Gasteiger partial charge in [-0.25, -0.2) is 5.43 Å². The molecule has 0 radical (unpaired) electrons. The number of aromatic nitrogens is 2. The summed E-state index contributed by atoms with van der Waals surface area (Å²) in [6.07, 6.45) is 3.07. The van der Waals surface area contributed by atoms with Gasteiger partial charge in [0.2, 0.25) is 11.8 Å². The maximum atomic E-state index is 12.1. The molecule has 2 aromatic rings. The Balaban J connectivity index is 2.32. The number of rotatable bonds is 8. The monoisotopic (exact) mass is 390 g/mol. The van der Waals surface area contributed by atoms with Gasteiger partial charge < -0.3 is 9.84 Å². The molecule has 1 amide bonds. The second-order valence-electron chi connectivity index (χ2n) is 5.66. The number of nitrogens with one attached hydrogen (secondary N) is 2. The normalized spacial score (nSPS) is 10.9. The lowest BCUT2D eigenvalue weighted by Gasteiger charge is -2.12. The third-order valence-corrected chi connectivity index (χ3v) is 3.95. The minimum absolute atomic E-state index is 0.0331. The molecule has 0 aliphatic rings. The molecule has 8 nitrogen and oxygen atoms in total. The number of nitrogens with zero attached hydrogens (tertiary/aromatic N) is 2. The van der Waals surface area contributed by atoms with Crippen LogP contribution in [0, 0.1) is 4.77 Å². The van der Waals surface area contributed by atoms with Crippen molar-refractivity contribution in [2.24, 2.45) is 5.10 Å². The van der Waals surface area contributed by atoms with Gasteiger partial charge in [-0.05, 0) is 49.8 Å². The molecular formula is C18H22N4O4S. The smallest absolute Gasteiger partial charge is 0.264 e. The topological polar surface area (TPSA) is 109 Å². The van der Waals surface area contributed by atoms with Gasteiger partial charge in [0.25, 0.3) is 5.56 Å². The van der Waals surface area contributed by atoms with Crippen LogP contribution in [0.25, 0.3) is 5.69 Å². The number of benzene rings is 1. The summed E-state index contributed by atoms with van der Waals surface area (Å²) in [5, 5.41) is 14.3. The first-order chi connectivity index (χ1) is 13.0. The summed E-state index contributed by atoms with van der Waals surface area (Å²) in [6.45, 7) is 4.39. The van der Waals surface area contributed by atoms with E-state index in [1.165, 1.54) is 4.57 Å². The zero-order valence-electron chi connectivity index (χ0n) is 15.2. The number of aromatic hydroxyl groups is 1. The zero-order chi connectivity index (χ0) is 19.8. The molecule has 1 aromatic carbocycles. The summed E-state index contributed by atoms with van der Waals surface area (Å²) in [4.78, 5) is 26.2. The highest BCUT2D eigenvalue weighted by Gasteiger charge is 2.13. The van der Waals surface area contributed by atoms with E-state index in [2.05, 4.69) is 15.5 Å². The number of carbonyl (C=O) groups is 1. The molecule has 1 heterocycles. The van der Waals surface area contributed by atoms with E-state index in [4.69, 9.17) is 17.0 Å². The first kappa shape index (κ1) is 20.4. The SMILES string of the molecule is CCCCC(=O)N/N=C/c1c(O)n(-c2ccc(OCC)cc2)c(=S)[nH]c1=O. The minimum Gasteiger partial charge on any atom is -0.494 e. The van der Waals surface area contributed by atoms with Crippen LogP contribution >= 0.6 is 12.2 Å². The number of aromatic amines is 1. The van der Waals surface area contributed by atoms with Crippen molar-refractivity contribution in [1.29, 1.82) is 0 Å².